The van der Waals surface area contributed by atoms with Gasteiger partial charge in [0, 0.05) is 6.54 Å². The van der Waals surface area contributed by atoms with Gasteiger partial charge < -0.3 is 9.84 Å². The molecule has 0 aromatic heterocycles. The van der Waals surface area contributed by atoms with Crippen molar-refractivity contribution in [2.75, 3.05) is 20.4 Å². The summed E-state index contributed by atoms with van der Waals surface area (Å²) in [6.45, 7) is 2.84. The summed E-state index contributed by atoms with van der Waals surface area (Å²) in [6, 6.07) is 6.11. The normalized spacial score (nSPS) is 10.2. The maximum absolute atomic E-state index is 8.58. The fraction of sp³-hybridized carbons (Fsp3) is 0.455. The van der Waals surface area contributed by atoms with E-state index in [1.807, 2.05) is 12.1 Å². The van der Waals surface area contributed by atoms with Gasteiger partial charge >= 0.3 is 0 Å². The molecule has 0 aliphatic heterocycles. The molecule has 3 nitrogen and oxygen atoms in total. The molecule has 0 atom stereocenters. The Morgan fingerprint density at radius 3 is 2.86 bits per heavy atom. The van der Waals surface area contributed by atoms with E-state index in [1.165, 1.54) is 11.1 Å². The molecule has 0 fully saturated rings. The number of aliphatic hydroxyl groups excluding tert-OH is 1. The van der Waals surface area contributed by atoms with E-state index in [0.29, 0.717) is 0 Å². The molecule has 1 aromatic rings. The minimum absolute atomic E-state index is 0.0220. The van der Waals surface area contributed by atoms with E-state index in [-0.39, 0.29) is 6.73 Å². The second-order valence-electron chi connectivity index (χ2n) is 3.22. The van der Waals surface area contributed by atoms with Gasteiger partial charge in [-0.2, -0.15) is 0 Å². The van der Waals surface area contributed by atoms with Crippen molar-refractivity contribution in [3.63, 3.8) is 0 Å². The molecule has 0 radical (unpaired) electrons. The smallest absolute Gasteiger partial charge is 0.122 e. The van der Waals surface area contributed by atoms with Crippen molar-refractivity contribution in [3.05, 3.63) is 29.3 Å². The maximum Gasteiger partial charge on any atom is 0.122 e. The van der Waals surface area contributed by atoms with Crippen molar-refractivity contribution < 1.29 is 9.84 Å². The number of benzene rings is 1. The fourth-order valence-corrected chi connectivity index (χ4v) is 1.40. The second-order valence-corrected chi connectivity index (χ2v) is 3.22. The van der Waals surface area contributed by atoms with E-state index >= 15 is 0 Å². The molecule has 1 aromatic carbocycles. The lowest BCUT2D eigenvalue weighted by molar-refractivity contribution is 0.261. The summed E-state index contributed by atoms with van der Waals surface area (Å²) >= 11 is 0. The average molecular weight is 195 g/mol. The SMILES string of the molecule is COc1ccc(C)cc1CCNCO. The third kappa shape index (κ3) is 3.01. The first-order valence-electron chi connectivity index (χ1n) is 4.73. The molecule has 78 valence electrons. The van der Waals surface area contributed by atoms with E-state index < -0.39 is 0 Å². The number of methoxy groups -OCH3 is 1. The van der Waals surface area contributed by atoms with Crippen LogP contribution in [0.4, 0.5) is 0 Å². The molecule has 0 heterocycles. The van der Waals surface area contributed by atoms with Gasteiger partial charge in [0.25, 0.3) is 0 Å². The summed E-state index contributed by atoms with van der Waals surface area (Å²) in [5, 5.41) is 11.5. The van der Waals surface area contributed by atoms with Gasteiger partial charge in [-0.3, -0.25) is 5.32 Å². The van der Waals surface area contributed by atoms with Crippen LogP contribution in [0.1, 0.15) is 11.1 Å². The Kier molecular flexibility index (Phi) is 4.43. The zero-order valence-electron chi connectivity index (χ0n) is 8.71. The average Bonchev–Trinajstić information content (AvgIpc) is 2.19. The van der Waals surface area contributed by atoms with E-state index in [0.717, 1.165) is 18.7 Å². The second kappa shape index (κ2) is 5.62. The highest BCUT2D eigenvalue weighted by Crippen LogP contribution is 2.19. The van der Waals surface area contributed by atoms with Crippen molar-refractivity contribution in [1.29, 1.82) is 0 Å². The molecule has 0 aliphatic rings. The summed E-state index contributed by atoms with van der Waals surface area (Å²) in [4.78, 5) is 0. The predicted molar refractivity (Wildman–Crippen MR) is 56.5 cm³/mol. The van der Waals surface area contributed by atoms with E-state index in [9.17, 15) is 0 Å². The molecular weight excluding hydrogens is 178 g/mol. The monoisotopic (exact) mass is 195 g/mol. The molecule has 1 rings (SSSR count). The van der Waals surface area contributed by atoms with Crippen LogP contribution in [-0.2, 0) is 6.42 Å². The Labute approximate surface area is 84.7 Å². The molecule has 0 unspecified atom stereocenters. The predicted octanol–water partition coefficient (Wildman–Crippen LogP) is 1.09. The number of ether oxygens (including phenoxy) is 1. The quantitative estimate of drug-likeness (QED) is 0.546. The van der Waals surface area contributed by atoms with Crippen LogP contribution in [0.3, 0.4) is 0 Å². The Morgan fingerprint density at radius 1 is 1.43 bits per heavy atom. The van der Waals surface area contributed by atoms with Crippen LogP contribution in [0, 0.1) is 6.92 Å². The highest BCUT2D eigenvalue weighted by molar-refractivity contribution is 5.37. The number of hydrogen-bond donors (Lipinski definition) is 2. The van der Waals surface area contributed by atoms with Gasteiger partial charge in [0.1, 0.15) is 5.75 Å². The van der Waals surface area contributed by atoms with Gasteiger partial charge in [0.2, 0.25) is 0 Å². The van der Waals surface area contributed by atoms with Crippen LogP contribution in [0.5, 0.6) is 5.75 Å². The molecule has 14 heavy (non-hydrogen) atoms. The molecule has 0 spiro atoms. The Bertz CT molecular complexity index is 287. The Balaban J connectivity index is 2.67. The van der Waals surface area contributed by atoms with Crippen molar-refractivity contribution in [3.8, 4) is 5.75 Å². The molecule has 2 N–H and O–H groups in total. The first-order valence-corrected chi connectivity index (χ1v) is 4.73. The first-order chi connectivity index (χ1) is 6.77. The third-order valence-corrected chi connectivity index (χ3v) is 2.12. The van der Waals surface area contributed by atoms with Gasteiger partial charge in [0.05, 0.1) is 13.8 Å². The molecule has 0 bridgehead atoms. The van der Waals surface area contributed by atoms with E-state index in [1.54, 1.807) is 7.11 Å². The van der Waals surface area contributed by atoms with Crippen molar-refractivity contribution in [2.24, 2.45) is 0 Å². The zero-order chi connectivity index (χ0) is 10.4. The Morgan fingerprint density at radius 2 is 2.21 bits per heavy atom. The van der Waals surface area contributed by atoms with Gasteiger partial charge in [-0.15, -0.1) is 0 Å². The lowest BCUT2D eigenvalue weighted by Gasteiger charge is -2.09. The summed E-state index contributed by atoms with van der Waals surface area (Å²) in [5.74, 6) is 0.912. The molecule has 0 aliphatic carbocycles. The van der Waals surface area contributed by atoms with Crippen molar-refractivity contribution in [1.82, 2.24) is 5.32 Å². The third-order valence-electron chi connectivity index (χ3n) is 2.12. The summed E-state index contributed by atoms with van der Waals surface area (Å²) in [7, 11) is 1.67. The highest BCUT2D eigenvalue weighted by atomic mass is 16.5. The van der Waals surface area contributed by atoms with Crippen LogP contribution in [-0.4, -0.2) is 25.5 Å². The minimum Gasteiger partial charge on any atom is -0.496 e. The molecule has 3 heteroatoms. The fourth-order valence-electron chi connectivity index (χ4n) is 1.40. The van der Waals surface area contributed by atoms with Crippen molar-refractivity contribution >= 4 is 0 Å². The van der Waals surface area contributed by atoms with Gasteiger partial charge in [-0.1, -0.05) is 17.7 Å². The summed E-state index contributed by atoms with van der Waals surface area (Å²) in [6.07, 6.45) is 0.866. The minimum atomic E-state index is 0.0220. The van der Waals surface area contributed by atoms with Crippen molar-refractivity contribution in [2.45, 2.75) is 13.3 Å². The zero-order valence-corrected chi connectivity index (χ0v) is 8.71. The summed E-state index contributed by atoms with van der Waals surface area (Å²) in [5.41, 5.74) is 2.40. The molecule has 0 saturated carbocycles. The first kappa shape index (κ1) is 11.0. The number of hydrogen-bond acceptors (Lipinski definition) is 3. The van der Waals surface area contributed by atoms with Crippen LogP contribution < -0.4 is 10.1 Å². The summed E-state index contributed by atoms with van der Waals surface area (Å²) < 4.78 is 5.24. The molecular formula is C11H17NO2. The maximum atomic E-state index is 8.58. The number of aliphatic hydroxyl groups is 1. The Hall–Kier alpha value is -1.06. The van der Waals surface area contributed by atoms with E-state index in [2.05, 4.69) is 18.3 Å². The highest BCUT2D eigenvalue weighted by Gasteiger charge is 2.01. The van der Waals surface area contributed by atoms with Crippen LogP contribution in [0.25, 0.3) is 0 Å². The number of rotatable bonds is 5. The largest absolute Gasteiger partial charge is 0.496 e. The van der Waals surface area contributed by atoms with Crippen LogP contribution in [0.15, 0.2) is 18.2 Å². The van der Waals surface area contributed by atoms with Gasteiger partial charge in [-0.05, 0) is 25.0 Å². The lowest BCUT2D eigenvalue weighted by atomic mass is 10.1. The topological polar surface area (TPSA) is 41.5 Å². The van der Waals surface area contributed by atoms with Crippen LogP contribution in [0.2, 0.25) is 0 Å². The van der Waals surface area contributed by atoms with Gasteiger partial charge in [-0.25, -0.2) is 0 Å². The van der Waals surface area contributed by atoms with Crippen LogP contribution >= 0.6 is 0 Å². The van der Waals surface area contributed by atoms with Gasteiger partial charge in [0.15, 0.2) is 0 Å². The van der Waals surface area contributed by atoms with E-state index in [4.69, 9.17) is 9.84 Å². The number of aryl methyl sites for hydroxylation is 1. The lowest BCUT2D eigenvalue weighted by Crippen LogP contribution is -2.18. The standard InChI is InChI=1S/C11H17NO2/c1-9-3-4-11(14-2)10(7-9)5-6-12-8-13/h3-4,7,12-13H,5-6,8H2,1-2H3. The number of nitrogens with one attached hydrogen (secondary N) is 1. The molecule has 0 amide bonds. The molecule has 0 saturated heterocycles.